The lowest BCUT2D eigenvalue weighted by Gasteiger charge is -2.44. The Bertz CT molecular complexity index is 263. The lowest BCUT2D eigenvalue weighted by molar-refractivity contribution is 0.0305. The molecule has 0 saturated carbocycles. The summed E-state index contributed by atoms with van der Waals surface area (Å²) in [6.45, 7) is 3.13. The molecule has 3 nitrogen and oxygen atoms in total. The number of β-amino-alcohol motifs (C(OH)–C–C–N with tert-alkyl or cyclic N) is 1. The molecule has 2 heterocycles. The van der Waals surface area contributed by atoms with E-state index in [0.717, 1.165) is 5.82 Å². The van der Waals surface area contributed by atoms with E-state index in [9.17, 15) is 5.11 Å². The molecule has 0 aromatic carbocycles. The Morgan fingerprint density at radius 2 is 2.42 bits per heavy atom. The number of hydrogen-bond acceptors (Lipinski definition) is 3. The lowest BCUT2D eigenvalue weighted by Crippen LogP contribution is -2.60. The average molecular weight is 163 g/mol. The van der Waals surface area contributed by atoms with Crippen LogP contribution < -0.4 is 4.90 Å². The summed E-state index contributed by atoms with van der Waals surface area (Å²) in [5, 5.41) is 9.46. The Labute approximate surface area is 71.7 Å². The molecule has 63 valence electrons. The van der Waals surface area contributed by atoms with Gasteiger partial charge >= 0.3 is 0 Å². The van der Waals surface area contributed by atoms with Crippen LogP contribution in [-0.2, 0) is 0 Å². The summed E-state index contributed by atoms with van der Waals surface area (Å²) in [5.41, 5.74) is -0.536. The van der Waals surface area contributed by atoms with Gasteiger partial charge in [-0.25, -0.2) is 4.98 Å². The van der Waals surface area contributed by atoms with Crippen LogP contribution in [0.5, 0.6) is 0 Å². The van der Waals surface area contributed by atoms with Gasteiger partial charge in [0.25, 0.3) is 0 Å². The number of nitrogens with zero attached hydrogens (tertiary/aromatic N) is 2. The van der Waals surface area contributed by atoms with Crippen LogP contribution in [0.25, 0.3) is 0 Å². The number of pyridine rings is 1. The van der Waals surface area contributed by atoms with Crippen LogP contribution in [0, 0.1) is 6.07 Å². The van der Waals surface area contributed by atoms with Crippen LogP contribution in [0.3, 0.4) is 0 Å². The van der Waals surface area contributed by atoms with Crippen molar-refractivity contribution in [3.63, 3.8) is 0 Å². The predicted octanol–water partition coefficient (Wildman–Crippen LogP) is 0.453. The molecule has 0 amide bonds. The Hall–Kier alpha value is -1.09. The third-order valence-electron chi connectivity index (χ3n) is 1.95. The van der Waals surface area contributed by atoms with E-state index >= 15 is 0 Å². The topological polar surface area (TPSA) is 36.4 Å². The van der Waals surface area contributed by atoms with Gasteiger partial charge in [-0.15, -0.1) is 0 Å². The standard InChI is InChI=1S/C9H11N2O/c1-9(12)6-11(7-9)8-4-2-3-5-10-8/h2-3,5,12H,6-7H2,1H3. The Morgan fingerprint density at radius 1 is 1.67 bits per heavy atom. The molecule has 1 aliphatic heterocycles. The van der Waals surface area contributed by atoms with Gasteiger partial charge in [0.15, 0.2) is 0 Å². The highest BCUT2D eigenvalue weighted by atomic mass is 16.3. The predicted molar refractivity (Wildman–Crippen MR) is 45.9 cm³/mol. The first-order valence-electron chi connectivity index (χ1n) is 3.97. The monoisotopic (exact) mass is 163 g/mol. The van der Waals surface area contributed by atoms with Gasteiger partial charge in [-0.1, -0.05) is 0 Å². The smallest absolute Gasteiger partial charge is 0.136 e. The highest BCUT2D eigenvalue weighted by molar-refractivity contribution is 5.41. The van der Waals surface area contributed by atoms with Crippen molar-refractivity contribution >= 4 is 5.82 Å². The van der Waals surface area contributed by atoms with Crippen LogP contribution in [0.15, 0.2) is 18.3 Å². The minimum Gasteiger partial charge on any atom is -0.386 e. The molecular formula is C9H11N2O. The van der Waals surface area contributed by atoms with Crippen molar-refractivity contribution in [1.29, 1.82) is 0 Å². The van der Waals surface area contributed by atoms with E-state index in [1.54, 1.807) is 6.20 Å². The van der Waals surface area contributed by atoms with Crippen LogP contribution >= 0.6 is 0 Å². The number of aliphatic hydroxyl groups is 1. The molecule has 1 radical (unpaired) electrons. The Balaban J connectivity index is 2.06. The summed E-state index contributed by atoms with van der Waals surface area (Å²) in [5.74, 6) is 0.823. The average Bonchev–Trinajstić information content (AvgIpc) is 2.02. The van der Waals surface area contributed by atoms with Crippen LogP contribution in [-0.4, -0.2) is 28.8 Å². The fraction of sp³-hybridized carbons (Fsp3) is 0.444. The SMILES string of the molecule is CC1(O)CN(c2[c]cccn2)C1. The fourth-order valence-corrected chi connectivity index (χ4v) is 1.42. The maximum atomic E-state index is 9.46. The molecule has 0 spiro atoms. The highest BCUT2D eigenvalue weighted by Gasteiger charge is 2.37. The third-order valence-corrected chi connectivity index (χ3v) is 1.95. The summed E-state index contributed by atoms with van der Waals surface area (Å²) in [6, 6.07) is 6.68. The molecule has 0 bridgehead atoms. The molecule has 1 N–H and O–H groups in total. The molecule has 0 unspecified atom stereocenters. The first kappa shape index (κ1) is 7.55. The van der Waals surface area contributed by atoms with E-state index in [2.05, 4.69) is 11.1 Å². The minimum absolute atomic E-state index is 0.536. The van der Waals surface area contributed by atoms with Crippen molar-refractivity contribution < 1.29 is 5.11 Å². The number of anilines is 1. The maximum Gasteiger partial charge on any atom is 0.136 e. The number of hydrogen-bond donors (Lipinski definition) is 1. The molecular weight excluding hydrogens is 152 g/mol. The number of rotatable bonds is 1. The molecule has 2 rings (SSSR count). The second kappa shape index (κ2) is 2.45. The largest absolute Gasteiger partial charge is 0.386 e. The van der Waals surface area contributed by atoms with Crippen molar-refractivity contribution in [2.75, 3.05) is 18.0 Å². The maximum absolute atomic E-state index is 9.46. The molecule has 1 aromatic rings. The van der Waals surface area contributed by atoms with Crippen molar-refractivity contribution in [3.05, 3.63) is 24.4 Å². The zero-order valence-electron chi connectivity index (χ0n) is 6.99. The fourth-order valence-electron chi connectivity index (χ4n) is 1.42. The van der Waals surface area contributed by atoms with Crippen molar-refractivity contribution in [1.82, 2.24) is 4.98 Å². The van der Waals surface area contributed by atoms with Crippen LogP contribution in [0.2, 0.25) is 0 Å². The summed E-state index contributed by atoms with van der Waals surface area (Å²) in [7, 11) is 0. The van der Waals surface area contributed by atoms with E-state index in [-0.39, 0.29) is 0 Å². The second-order valence-electron chi connectivity index (χ2n) is 3.46. The zero-order chi connectivity index (χ0) is 8.60. The van der Waals surface area contributed by atoms with Gasteiger partial charge in [-0.2, -0.15) is 0 Å². The molecule has 1 saturated heterocycles. The highest BCUT2D eigenvalue weighted by Crippen LogP contribution is 2.24. The van der Waals surface area contributed by atoms with Crippen LogP contribution in [0.4, 0.5) is 5.82 Å². The van der Waals surface area contributed by atoms with Gasteiger partial charge in [0.1, 0.15) is 5.82 Å². The minimum atomic E-state index is -0.536. The van der Waals surface area contributed by atoms with Gasteiger partial charge < -0.3 is 10.0 Å². The van der Waals surface area contributed by atoms with Gasteiger partial charge in [0, 0.05) is 25.4 Å². The summed E-state index contributed by atoms with van der Waals surface area (Å²) >= 11 is 0. The zero-order valence-corrected chi connectivity index (χ0v) is 6.99. The molecule has 0 atom stereocenters. The number of aromatic nitrogens is 1. The quantitative estimate of drug-likeness (QED) is 0.653. The molecule has 1 aromatic heterocycles. The molecule has 12 heavy (non-hydrogen) atoms. The van der Waals surface area contributed by atoms with Crippen molar-refractivity contribution in [3.8, 4) is 0 Å². The first-order chi connectivity index (χ1) is 5.67. The summed E-state index contributed by atoms with van der Waals surface area (Å²) < 4.78 is 0. The van der Waals surface area contributed by atoms with Gasteiger partial charge in [0.2, 0.25) is 0 Å². The van der Waals surface area contributed by atoms with Gasteiger partial charge in [-0.3, -0.25) is 0 Å². The lowest BCUT2D eigenvalue weighted by atomic mass is 9.97. The summed E-state index contributed by atoms with van der Waals surface area (Å²) in [6.07, 6.45) is 1.73. The molecule has 1 fully saturated rings. The third kappa shape index (κ3) is 1.28. The van der Waals surface area contributed by atoms with E-state index in [1.165, 1.54) is 0 Å². The molecule has 3 heteroatoms. The van der Waals surface area contributed by atoms with Crippen molar-refractivity contribution in [2.24, 2.45) is 0 Å². The van der Waals surface area contributed by atoms with Gasteiger partial charge in [0.05, 0.1) is 5.60 Å². The Kier molecular flexibility index (Phi) is 1.54. The Morgan fingerprint density at radius 3 is 2.92 bits per heavy atom. The molecule has 1 aliphatic rings. The molecule has 0 aliphatic carbocycles. The second-order valence-corrected chi connectivity index (χ2v) is 3.46. The first-order valence-corrected chi connectivity index (χ1v) is 3.97. The van der Waals surface area contributed by atoms with E-state index in [1.807, 2.05) is 24.0 Å². The normalized spacial score (nSPS) is 20.3. The van der Waals surface area contributed by atoms with Crippen molar-refractivity contribution in [2.45, 2.75) is 12.5 Å². The van der Waals surface area contributed by atoms with Gasteiger partial charge in [-0.05, 0) is 19.1 Å². The van der Waals surface area contributed by atoms with E-state index in [4.69, 9.17) is 0 Å². The van der Waals surface area contributed by atoms with E-state index < -0.39 is 5.60 Å². The van der Waals surface area contributed by atoms with Crippen LogP contribution in [0.1, 0.15) is 6.92 Å². The summed E-state index contributed by atoms with van der Waals surface area (Å²) in [4.78, 5) is 6.13. The van der Waals surface area contributed by atoms with E-state index in [0.29, 0.717) is 13.1 Å².